The van der Waals surface area contributed by atoms with E-state index in [-0.39, 0.29) is 5.78 Å². The molecule has 1 aliphatic rings. The fourth-order valence-corrected chi connectivity index (χ4v) is 3.13. The van der Waals surface area contributed by atoms with Crippen molar-refractivity contribution in [1.29, 1.82) is 0 Å². The number of ketones is 1. The van der Waals surface area contributed by atoms with Crippen molar-refractivity contribution in [2.24, 2.45) is 0 Å². The van der Waals surface area contributed by atoms with Crippen molar-refractivity contribution in [3.05, 3.63) is 57.7 Å². The van der Waals surface area contributed by atoms with E-state index in [4.69, 9.17) is 16.3 Å². The Kier molecular flexibility index (Phi) is 4.40. The zero-order chi connectivity index (χ0) is 16.6. The van der Waals surface area contributed by atoms with Crippen molar-refractivity contribution in [1.82, 2.24) is 4.98 Å². The first-order chi connectivity index (χ1) is 11.0. The maximum absolute atomic E-state index is 12.7. The monoisotopic (exact) mass is 329 g/mol. The molecule has 1 aromatic heterocycles. The molecule has 0 amide bonds. The predicted molar refractivity (Wildman–Crippen MR) is 91.7 cm³/mol. The molecular formula is C19H20ClNO2. The molecule has 1 saturated carbocycles. The molecule has 0 saturated heterocycles. The van der Waals surface area contributed by atoms with Crippen LogP contribution in [-0.2, 0) is 0 Å². The van der Waals surface area contributed by atoms with Crippen molar-refractivity contribution in [3.8, 4) is 5.88 Å². The first-order valence-electron chi connectivity index (χ1n) is 7.90. The van der Waals surface area contributed by atoms with Crippen LogP contribution in [0.15, 0.2) is 30.3 Å². The van der Waals surface area contributed by atoms with E-state index in [0.717, 1.165) is 24.0 Å². The molecule has 1 aliphatic carbocycles. The highest BCUT2D eigenvalue weighted by molar-refractivity contribution is 6.32. The lowest BCUT2D eigenvalue weighted by atomic mass is 9.99. The third kappa shape index (κ3) is 3.25. The van der Waals surface area contributed by atoms with Crippen LogP contribution in [0.5, 0.6) is 5.88 Å². The highest BCUT2D eigenvalue weighted by Crippen LogP contribution is 2.43. The minimum Gasteiger partial charge on any atom is -0.481 e. The summed E-state index contributed by atoms with van der Waals surface area (Å²) in [7, 11) is 1.59. The molecule has 0 bridgehead atoms. The van der Waals surface area contributed by atoms with Gasteiger partial charge in [-0.2, -0.15) is 0 Å². The molecule has 1 fully saturated rings. The van der Waals surface area contributed by atoms with Crippen LogP contribution in [0.2, 0.25) is 5.02 Å². The van der Waals surface area contributed by atoms with Gasteiger partial charge >= 0.3 is 0 Å². The number of rotatable bonds is 5. The van der Waals surface area contributed by atoms with Crippen LogP contribution in [0.4, 0.5) is 0 Å². The Morgan fingerprint density at radius 3 is 2.57 bits per heavy atom. The maximum atomic E-state index is 12.7. The Hall–Kier alpha value is -1.87. The molecule has 0 spiro atoms. The standard InChI is InChI=1S/C19H20ClNO2/c1-11(2)14-7-6-13(10-16(14)20)18(22)17-9-8-15(12-4-5-12)19(21-17)23-3/h6-12H,4-5H2,1-3H3. The van der Waals surface area contributed by atoms with Gasteiger partial charge in [0.05, 0.1) is 7.11 Å². The topological polar surface area (TPSA) is 39.2 Å². The summed E-state index contributed by atoms with van der Waals surface area (Å²) < 4.78 is 5.36. The average Bonchev–Trinajstić information content (AvgIpc) is 3.37. The summed E-state index contributed by atoms with van der Waals surface area (Å²) in [6.45, 7) is 4.15. The number of methoxy groups -OCH3 is 1. The molecule has 3 rings (SSSR count). The van der Waals surface area contributed by atoms with Crippen LogP contribution in [0.25, 0.3) is 0 Å². The van der Waals surface area contributed by atoms with Crippen LogP contribution >= 0.6 is 11.6 Å². The summed E-state index contributed by atoms with van der Waals surface area (Å²) in [5.41, 5.74) is 3.07. The summed E-state index contributed by atoms with van der Waals surface area (Å²) in [5.74, 6) is 1.27. The van der Waals surface area contributed by atoms with Crippen LogP contribution in [0.1, 0.15) is 65.7 Å². The molecule has 4 heteroatoms. The van der Waals surface area contributed by atoms with Crippen molar-refractivity contribution in [3.63, 3.8) is 0 Å². The van der Waals surface area contributed by atoms with E-state index in [9.17, 15) is 4.79 Å². The summed E-state index contributed by atoms with van der Waals surface area (Å²) in [5, 5.41) is 0.618. The number of nitrogens with zero attached hydrogens (tertiary/aromatic N) is 1. The quantitative estimate of drug-likeness (QED) is 0.726. The molecule has 23 heavy (non-hydrogen) atoms. The van der Waals surface area contributed by atoms with Crippen LogP contribution in [0, 0.1) is 0 Å². The number of hydrogen-bond donors (Lipinski definition) is 0. The third-order valence-electron chi connectivity index (χ3n) is 4.22. The summed E-state index contributed by atoms with van der Waals surface area (Å²) in [6, 6.07) is 9.19. The first-order valence-corrected chi connectivity index (χ1v) is 8.28. The molecule has 1 heterocycles. The fraction of sp³-hybridized carbons (Fsp3) is 0.368. The van der Waals surface area contributed by atoms with Gasteiger partial charge in [0.25, 0.3) is 0 Å². The van der Waals surface area contributed by atoms with Crippen LogP contribution in [0.3, 0.4) is 0 Å². The predicted octanol–water partition coefficient (Wildman–Crippen LogP) is 4.98. The van der Waals surface area contributed by atoms with Gasteiger partial charge in [0.15, 0.2) is 0 Å². The molecule has 0 N–H and O–H groups in total. The number of ether oxygens (including phenoxy) is 1. The Morgan fingerprint density at radius 1 is 1.26 bits per heavy atom. The largest absolute Gasteiger partial charge is 0.481 e. The maximum Gasteiger partial charge on any atom is 0.217 e. The molecule has 120 valence electrons. The number of aromatic nitrogens is 1. The van der Waals surface area contributed by atoms with Crippen LogP contribution in [-0.4, -0.2) is 17.9 Å². The fourth-order valence-electron chi connectivity index (χ4n) is 2.73. The van der Waals surface area contributed by atoms with E-state index >= 15 is 0 Å². The van der Waals surface area contributed by atoms with Gasteiger partial charge in [0, 0.05) is 16.1 Å². The van der Waals surface area contributed by atoms with Gasteiger partial charge < -0.3 is 4.74 Å². The van der Waals surface area contributed by atoms with Gasteiger partial charge in [-0.3, -0.25) is 4.79 Å². The first kappa shape index (κ1) is 16.0. The van der Waals surface area contributed by atoms with Gasteiger partial charge in [0.2, 0.25) is 11.7 Å². The smallest absolute Gasteiger partial charge is 0.217 e. The van der Waals surface area contributed by atoms with Gasteiger partial charge in [-0.25, -0.2) is 4.98 Å². The van der Waals surface area contributed by atoms with E-state index in [2.05, 4.69) is 18.8 Å². The molecule has 0 radical (unpaired) electrons. The normalized spacial score (nSPS) is 14.1. The molecule has 1 aromatic carbocycles. The lowest BCUT2D eigenvalue weighted by molar-refractivity contribution is 0.103. The Labute approximate surface area is 141 Å². The summed E-state index contributed by atoms with van der Waals surface area (Å²) in [4.78, 5) is 17.1. The van der Waals surface area contributed by atoms with E-state index < -0.39 is 0 Å². The second kappa shape index (κ2) is 6.32. The van der Waals surface area contributed by atoms with Crippen molar-refractivity contribution < 1.29 is 9.53 Å². The second-order valence-corrected chi connectivity index (χ2v) is 6.70. The third-order valence-corrected chi connectivity index (χ3v) is 4.54. The van der Waals surface area contributed by atoms with Crippen molar-refractivity contribution in [2.45, 2.75) is 38.5 Å². The summed E-state index contributed by atoms with van der Waals surface area (Å²) >= 11 is 6.29. The van der Waals surface area contributed by atoms with E-state index in [0.29, 0.717) is 34.0 Å². The zero-order valence-corrected chi connectivity index (χ0v) is 14.4. The SMILES string of the molecule is COc1nc(C(=O)c2ccc(C(C)C)c(Cl)c2)ccc1C1CC1. The number of halogens is 1. The van der Waals surface area contributed by atoms with Crippen LogP contribution < -0.4 is 4.74 Å². The molecule has 3 nitrogen and oxygen atoms in total. The zero-order valence-electron chi connectivity index (χ0n) is 13.6. The van der Waals surface area contributed by atoms with Crippen molar-refractivity contribution >= 4 is 17.4 Å². The Balaban J connectivity index is 1.92. The highest BCUT2D eigenvalue weighted by atomic mass is 35.5. The number of carbonyl (C=O) groups is 1. The average molecular weight is 330 g/mol. The Bertz CT molecular complexity index is 751. The molecule has 0 atom stereocenters. The number of pyridine rings is 1. The minimum atomic E-state index is -0.136. The molecule has 0 unspecified atom stereocenters. The van der Waals surface area contributed by atoms with E-state index in [1.807, 2.05) is 18.2 Å². The Morgan fingerprint density at radius 2 is 2.00 bits per heavy atom. The van der Waals surface area contributed by atoms with Crippen molar-refractivity contribution in [2.75, 3.05) is 7.11 Å². The van der Waals surface area contributed by atoms with Gasteiger partial charge in [-0.15, -0.1) is 0 Å². The van der Waals surface area contributed by atoms with Gasteiger partial charge in [-0.1, -0.05) is 43.6 Å². The molecule has 2 aromatic rings. The van der Waals surface area contributed by atoms with Gasteiger partial charge in [0.1, 0.15) is 5.69 Å². The van der Waals surface area contributed by atoms with E-state index in [1.54, 1.807) is 19.2 Å². The second-order valence-electron chi connectivity index (χ2n) is 6.29. The number of carbonyl (C=O) groups excluding carboxylic acids is 1. The molecular weight excluding hydrogens is 310 g/mol. The molecule has 0 aliphatic heterocycles. The lowest BCUT2D eigenvalue weighted by Crippen LogP contribution is -2.07. The lowest BCUT2D eigenvalue weighted by Gasteiger charge is -2.11. The number of benzene rings is 1. The highest BCUT2D eigenvalue weighted by Gasteiger charge is 2.28. The minimum absolute atomic E-state index is 0.136. The summed E-state index contributed by atoms with van der Waals surface area (Å²) in [6.07, 6.45) is 2.33. The number of hydrogen-bond acceptors (Lipinski definition) is 3. The van der Waals surface area contributed by atoms with Gasteiger partial charge in [-0.05, 0) is 42.4 Å². The van der Waals surface area contributed by atoms with E-state index in [1.165, 1.54) is 0 Å².